The minimum atomic E-state index is -1.60. The Labute approximate surface area is 46.8 Å². The van der Waals surface area contributed by atoms with Crippen molar-refractivity contribution in [3.8, 4) is 0 Å². The summed E-state index contributed by atoms with van der Waals surface area (Å²) in [5.74, 6) is 0. The fourth-order valence-electron chi connectivity index (χ4n) is 0.295. The fourth-order valence-corrected chi connectivity index (χ4v) is 0.295. The van der Waals surface area contributed by atoms with Gasteiger partial charge in [-0.15, -0.1) is 0 Å². The molecule has 2 atom stereocenters. The van der Waals surface area contributed by atoms with Crippen LogP contribution in [0, 0.1) is 0 Å². The van der Waals surface area contributed by atoms with Crippen LogP contribution in [0.4, 0.5) is 8.78 Å². The Morgan fingerprint density at radius 3 is 1.38 bits per heavy atom. The molecule has 0 radical (unpaired) electrons. The van der Waals surface area contributed by atoms with E-state index in [1.54, 1.807) is 0 Å². The molecule has 0 aliphatic rings. The molecular formula is C4H10F2N2. The maximum Gasteiger partial charge on any atom is 0.145 e. The van der Waals surface area contributed by atoms with E-state index in [2.05, 4.69) is 0 Å². The molecule has 0 aliphatic heterocycles. The first-order valence-electron chi connectivity index (χ1n) is 2.40. The Bertz CT molecular complexity index is 52.0. The molecule has 50 valence electrons. The molecule has 0 amide bonds. The highest BCUT2D eigenvalue weighted by Gasteiger charge is 2.15. The van der Waals surface area contributed by atoms with E-state index in [1.807, 2.05) is 0 Å². The Kier molecular flexibility index (Phi) is 3.64. The molecule has 0 aromatic rings. The van der Waals surface area contributed by atoms with Crippen LogP contribution in [-0.2, 0) is 0 Å². The summed E-state index contributed by atoms with van der Waals surface area (Å²) >= 11 is 0. The van der Waals surface area contributed by atoms with Gasteiger partial charge in [-0.3, -0.25) is 0 Å². The van der Waals surface area contributed by atoms with E-state index >= 15 is 0 Å². The lowest BCUT2D eigenvalue weighted by Gasteiger charge is -2.06. The minimum absolute atomic E-state index is 0.293. The lowest BCUT2D eigenvalue weighted by molar-refractivity contribution is 0.179. The average molecular weight is 124 g/mol. The van der Waals surface area contributed by atoms with Gasteiger partial charge in [0.1, 0.15) is 12.3 Å². The molecule has 8 heavy (non-hydrogen) atoms. The smallest absolute Gasteiger partial charge is 0.145 e. The molecule has 2 unspecified atom stereocenters. The predicted octanol–water partition coefficient (Wildman–Crippen LogP) is -0.420. The van der Waals surface area contributed by atoms with Gasteiger partial charge in [0.2, 0.25) is 0 Å². The highest BCUT2D eigenvalue weighted by Crippen LogP contribution is 1.98. The molecule has 0 heterocycles. The molecule has 0 rings (SSSR count). The van der Waals surface area contributed by atoms with Gasteiger partial charge in [0.15, 0.2) is 0 Å². The third-order valence-corrected chi connectivity index (χ3v) is 0.843. The van der Waals surface area contributed by atoms with Gasteiger partial charge in [-0.1, -0.05) is 0 Å². The van der Waals surface area contributed by atoms with Gasteiger partial charge in [0.05, 0.1) is 0 Å². The number of hydrogen-bond donors (Lipinski definition) is 2. The average Bonchev–Trinajstić information content (AvgIpc) is 1.84. The number of nitrogens with two attached hydrogens (primary N) is 2. The van der Waals surface area contributed by atoms with Crippen LogP contribution in [0.1, 0.15) is 0 Å². The molecule has 2 nitrogen and oxygen atoms in total. The lowest BCUT2D eigenvalue weighted by atomic mass is 10.2. The van der Waals surface area contributed by atoms with Gasteiger partial charge >= 0.3 is 0 Å². The second kappa shape index (κ2) is 3.74. The van der Waals surface area contributed by atoms with Crippen molar-refractivity contribution in [3.63, 3.8) is 0 Å². The first kappa shape index (κ1) is 7.78. The van der Waals surface area contributed by atoms with Crippen molar-refractivity contribution in [2.45, 2.75) is 12.3 Å². The zero-order chi connectivity index (χ0) is 6.57. The first-order chi connectivity index (χ1) is 3.72. The van der Waals surface area contributed by atoms with Crippen LogP contribution >= 0.6 is 0 Å². The third kappa shape index (κ3) is 2.18. The van der Waals surface area contributed by atoms with Gasteiger partial charge in [-0.05, 0) is 0 Å². The molecule has 4 heteroatoms. The number of halogens is 2. The third-order valence-electron chi connectivity index (χ3n) is 0.843. The van der Waals surface area contributed by atoms with E-state index < -0.39 is 12.3 Å². The molecule has 0 fully saturated rings. The van der Waals surface area contributed by atoms with Gasteiger partial charge in [0.25, 0.3) is 0 Å². The van der Waals surface area contributed by atoms with Crippen molar-refractivity contribution < 1.29 is 8.78 Å². The van der Waals surface area contributed by atoms with Gasteiger partial charge < -0.3 is 11.5 Å². The fraction of sp³-hybridized carbons (Fsp3) is 1.00. The van der Waals surface area contributed by atoms with Crippen LogP contribution < -0.4 is 11.5 Å². The predicted molar refractivity (Wildman–Crippen MR) is 27.9 cm³/mol. The van der Waals surface area contributed by atoms with E-state index in [1.165, 1.54) is 0 Å². The summed E-state index contributed by atoms with van der Waals surface area (Å²) in [5, 5.41) is 0. The first-order valence-corrected chi connectivity index (χ1v) is 2.40. The van der Waals surface area contributed by atoms with Crippen molar-refractivity contribution in [3.05, 3.63) is 0 Å². The van der Waals surface area contributed by atoms with E-state index in [0.29, 0.717) is 0 Å². The second-order valence-corrected chi connectivity index (χ2v) is 1.50. The van der Waals surface area contributed by atoms with E-state index in [9.17, 15) is 8.78 Å². The van der Waals surface area contributed by atoms with E-state index in [-0.39, 0.29) is 13.1 Å². The molecular weight excluding hydrogens is 114 g/mol. The largest absolute Gasteiger partial charge is 0.328 e. The Balaban J connectivity index is 3.29. The molecule has 4 N–H and O–H groups in total. The molecule has 0 saturated carbocycles. The molecule has 0 aromatic carbocycles. The summed E-state index contributed by atoms with van der Waals surface area (Å²) in [7, 11) is 0. The molecule has 0 spiro atoms. The highest BCUT2D eigenvalue weighted by atomic mass is 19.2. The van der Waals surface area contributed by atoms with E-state index in [4.69, 9.17) is 11.5 Å². The second-order valence-electron chi connectivity index (χ2n) is 1.50. The van der Waals surface area contributed by atoms with Gasteiger partial charge in [-0.25, -0.2) is 8.78 Å². The molecule has 0 aromatic heterocycles. The number of hydrogen-bond acceptors (Lipinski definition) is 2. The topological polar surface area (TPSA) is 52.0 Å². The summed E-state index contributed by atoms with van der Waals surface area (Å²) in [4.78, 5) is 0. The highest BCUT2D eigenvalue weighted by molar-refractivity contribution is 4.68. The van der Waals surface area contributed by atoms with Crippen LogP contribution in [0.15, 0.2) is 0 Å². The van der Waals surface area contributed by atoms with Crippen LogP contribution in [0.5, 0.6) is 0 Å². The zero-order valence-electron chi connectivity index (χ0n) is 4.48. The maximum atomic E-state index is 11.9. The number of alkyl halides is 2. The summed E-state index contributed by atoms with van der Waals surface area (Å²) in [6.07, 6.45) is -3.19. The van der Waals surface area contributed by atoms with Crippen molar-refractivity contribution in [1.29, 1.82) is 0 Å². The summed E-state index contributed by atoms with van der Waals surface area (Å²) < 4.78 is 23.9. The summed E-state index contributed by atoms with van der Waals surface area (Å²) in [5.41, 5.74) is 9.56. The zero-order valence-corrected chi connectivity index (χ0v) is 4.48. The van der Waals surface area contributed by atoms with Crippen molar-refractivity contribution in [1.82, 2.24) is 0 Å². The van der Waals surface area contributed by atoms with Gasteiger partial charge in [0, 0.05) is 13.1 Å². The summed E-state index contributed by atoms with van der Waals surface area (Å²) in [6, 6.07) is 0. The van der Waals surface area contributed by atoms with Crippen LogP contribution in [0.2, 0.25) is 0 Å². The van der Waals surface area contributed by atoms with Gasteiger partial charge in [-0.2, -0.15) is 0 Å². The Hall–Kier alpha value is -0.220. The SMILES string of the molecule is NCC(F)C(F)CN. The Morgan fingerprint density at radius 1 is 1.00 bits per heavy atom. The van der Waals surface area contributed by atoms with Crippen molar-refractivity contribution in [2.75, 3.05) is 13.1 Å². The van der Waals surface area contributed by atoms with Crippen LogP contribution in [-0.4, -0.2) is 25.4 Å². The van der Waals surface area contributed by atoms with Crippen LogP contribution in [0.3, 0.4) is 0 Å². The maximum absolute atomic E-state index is 11.9. The normalized spacial score (nSPS) is 18.0. The molecule has 0 bridgehead atoms. The lowest BCUT2D eigenvalue weighted by Crippen LogP contribution is -2.31. The van der Waals surface area contributed by atoms with Crippen molar-refractivity contribution >= 4 is 0 Å². The Morgan fingerprint density at radius 2 is 1.25 bits per heavy atom. The van der Waals surface area contributed by atoms with E-state index in [0.717, 1.165) is 0 Å². The molecule has 0 saturated heterocycles. The quantitative estimate of drug-likeness (QED) is 0.537. The van der Waals surface area contributed by atoms with Crippen LogP contribution in [0.25, 0.3) is 0 Å². The number of rotatable bonds is 3. The summed E-state index contributed by atoms with van der Waals surface area (Å²) in [6.45, 7) is -0.587. The van der Waals surface area contributed by atoms with Crippen molar-refractivity contribution in [2.24, 2.45) is 11.5 Å². The minimum Gasteiger partial charge on any atom is -0.328 e. The standard InChI is InChI=1S/C4H10F2N2/c5-3(1-7)4(6)2-8/h3-4H,1-2,7-8H2. The monoisotopic (exact) mass is 124 g/mol. The molecule has 0 aliphatic carbocycles.